The van der Waals surface area contributed by atoms with Crippen molar-refractivity contribution < 1.29 is 14.6 Å². The van der Waals surface area contributed by atoms with E-state index in [0.717, 1.165) is 5.56 Å². The molecule has 1 aromatic rings. The normalized spacial score (nSPS) is 9.69. The molecule has 0 fully saturated rings. The number of hydrogen-bond donors (Lipinski definition) is 2. The Morgan fingerprint density at radius 1 is 1.56 bits per heavy atom. The summed E-state index contributed by atoms with van der Waals surface area (Å²) in [5.41, 5.74) is 0.837. The first kappa shape index (κ1) is 12.2. The fourth-order valence-corrected chi connectivity index (χ4v) is 1.37. The number of rotatable bonds is 3. The number of methoxy groups -OCH3 is 1. The van der Waals surface area contributed by atoms with Gasteiger partial charge in [0.15, 0.2) is 11.5 Å². The third-order valence-corrected chi connectivity index (χ3v) is 2.22. The van der Waals surface area contributed by atoms with Crippen LogP contribution in [-0.2, 0) is 6.54 Å². The van der Waals surface area contributed by atoms with Crippen molar-refractivity contribution in [2.75, 3.05) is 21.2 Å². The maximum atomic E-state index is 11.3. The fourth-order valence-electron chi connectivity index (χ4n) is 1.37. The SMILES string of the molecule is CNC(=O)N(C)Cc1ccc(OC)c(O)c1. The third kappa shape index (κ3) is 2.79. The molecule has 0 aliphatic heterocycles. The van der Waals surface area contributed by atoms with Crippen LogP contribution in [0.3, 0.4) is 0 Å². The lowest BCUT2D eigenvalue weighted by Crippen LogP contribution is -2.34. The topological polar surface area (TPSA) is 61.8 Å². The molecule has 0 spiro atoms. The summed E-state index contributed by atoms with van der Waals surface area (Å²) in [6, 6.07) is 4.88. The number of aromatic hydroxyl groups is 1. The van der Waals surface area contributed by atoms with E-state index in [2.05, 4.69) is 5.32 Å². The number of carbonyl (C=O) groups excluding carboxylic acids is 1. The molecule has 16 heavy (non-hydrogen) atoms. The zero-order chi connectivity index (χ0) is 12.1. The van der Waals surface area contributed by atoms with Gasteiger partial charge in [0, 0.05) is 20.6 Å². The van der Waals surface area contributed by atoms with Crippen LogP contribution in [0.15, 0.2) is 18.2 Å². The Balaban J connectivity index is 2.75. The molecular formula is C11H16N2O3. The Labute approximate surface area is 94.6 Å². The van der Waals surface area contributed by atoms with Crippen molar-refractivity contribution in [2.45, 2.75) is 6.54 Å². The van der Waals surface area contributed by atoms with E-state index in [1.807, 2.05) is 0 Å². The van der Waals surface area contributed by atoms with Gasteiger partial charge in [-0.25, -0.2) is 4.79 Å². The molecule has 0 bridgehead atoms. The predicted octanol–water partition coefficient (Wildman–Crippen LogP) is 1.17. The first-order chi connectivity index (χ1) is 7.58. The van der Waals surface area contributed by atoms with Gasteiger partial charge in [-0.1, -0.05) is 6.07 Å². The first-order valence-corrected chi connectivity index (χ1v) is 4.87. The van der Waals surface area contributed by atoms with E-state index in [1.165, 1.54) is 12.0 Å². The molecule has 5 nitrogen and oxygen atoms in total. The largest absolute Gasteiger partial charge is 0.504 e. The highest BCUT2D eigenvalue weighted by molar-refractivity contribution is 5.73. The number of amides is 2. The van der Waals surface area contributed by atoms with Gasteiger partial charge in [0.2, 0.25) is 0 Å². The molecule has 0 atom stereocenters. The molecule has 5 heteroatoms. The van der Waals surface area contributed by atoms with Crippen molar-refractivity contribution in [2.24, 2.45) is 0 Å². The van der Waals surface area contributed by atoms with Gasteiger partial charge in [-0.05, 0) is 17.7 Å². The maximum Gasteiger partial charge on any atom is 0.317 e. The molecule has 88 valence electrons. The van der Waals surface area contributed by atoms with Crippen LogP contribution in [0.25, 0.3) is 0 Å². The van der Waals surface area contributed by atoms with E-state index in [0.29, 0.717) is 12.3 Å². The van der Waals surface area contributed by atoms with Gasteiger partial charge in [-0.2, -0.15) is 0 Å². The zero-order valence-electron chi connectivity index (χ0n) is 9.65. The minimum atomic E-state index is -0.171. The van der Waals surface area contributed by atoms with Gasteiger partial charge in [0.1, 0.15) is 0 Å². The summed E-state index contributed by atoms with van der Waals surface area (Å²) in [7, 11) is 4.75. The highest BCUT2D eigenvalue weighted by atomic mass is 16.5. The highest BCUT2D eigenvalue weighted by Gasteiger charge is 2.08. The summed E-state index contributed by atoms with van der Waals surface area (Å²) in [6.07, 6.45) is 0. The minimum Gasteiger partial charge on any atom is -0.504 e. The predicted molar refractivity (Wildman–Crippen MR) is 60.6 cm³/mol. The number of ether oxygens (including phenoxy) is 1. The van der Waals surface area contributed by atoms with Crippen molar-refractivity contribution in [3.05, 3.63) is 23.8 Å². The van der Waals surface area contributed by atoms with Gasteiger partial charge >= 0.3 is 6.03 Å². The number of nitrogens with one attached hydrogen (secondary N) is 1. The molecule has 0 heterocycles. The molecular weight excluding hydrogens is 208 g/mol. The van der Waals surface area contributed by atoms with Gasteiger partial charge in [-0.3, -0.25) is 0 Å². The molecule has 0 saturated heterocycles. The lowest BCUT2D eigenvalue weighted by molar-refractivity contribution is 0.209. The van der Waals surface area contributed by atoms with E-state index in [-0.39, 0.29) is 11.8 Å². The highest BCUT2D eigenvalue weighted by Crippen LogP contribution is 2.26. The Morgan fingerprint density at radius 3 is 2.75 bits per heavy atom. The van der Waals surface area contributed by atoms with E-state index in [1.54, 1.807) is 32.3 Å². The number of nitrogens with zero attached hydrogens (tertiary/aromatic N) is 1. The van der Waals surface area contributed by atoms with E-state index < -0.39 is 0 Å². The minimum absolute atomic E-state index is 0.0744. The van der Waals surface area contributed by atoms with Crippen LogP contribution in [0.4, 0.5) is 4.79 Å². The second-order valence-corrected chi connectivity index (χ2v) is 3.42. The van der Waals surface area contributed by atoms with Gasteiger partial charge in [0.05, 0.1) is 7.11 Å². The molecule has 2 amide bonds. The van der Waals surface area contributed by atoms with Crippen LogP contribution in [-0.4, -0.2) is 37.2 Å². The number of carbonyl (C=O) groups is 1. The molecule has 0 radical (unpaired) electrons. The Bertz CT molecular complexity index is 379. The summed E-state index contributed by atoms with van der Waals surface area (Å²) >= 11 is 0. The van der Waals surface area contributed by atoms with Crippen molar-refractivity contribution in [3.63, 3.8) is 0 Å². The average molecular weight is 224 g/mol. The summed E-state index contributed by atoms with van der Waals surface area (Å²) in [4.78, 5) is 12.8. The fraction of sp³-hybridized carbons (Fsp3) is 0.364. The Hall–Kier alpha value is -1.91. The summed E-state index contributed by atoms with van der Waals surface area (Å²) < 4.78 is 4.93. The van der Waals surface area contributed by atoms with Gasteiger partial charge in [-0.15, -0.1) is 0 Å². The van der Waals surface area contributed by atoms with E-state index >= 15 is 0 Å². The number of phenols is 1. The number of phenolic OH excluding ortho intramolecular Hbond substituents is 1. The molecule has 1 aromatic carbocycles. The second-order valence-electron chi connectivity index (χ2n) is 3.42. The number of hydrogen-bond acceptors (Lipinski definition) is 3. The maximum absolute atomic E-state index is 11.3. The lowest BCUT2D eigenvalue weighted by Gasteiger charge is -2.16. The summed E-state index contributed by atoms with van der Waals surface area (Å²) in [6.45, 7) is 0.428. The van der Waals surface area contributed by atoms with Crippen LogP contribution < -0.4 is 10.1 Å². The zero-order valence-corrected chi connectivity index (χ0v) is 9.65. The number of urea groups is 1. The van der Waals surface area contributed by atoms with Gasteiger partial charge < -0.3 is 20.1 Å². The quantitative estimate of drug-likeness (QED) is 0.810. The van der Waals surface area contributed by atoms with Crippen molar-refractivity contribution >= 4 is 6.03 Å². The van der Waals surface area contributed by atoms with Crippen LogP contribution in [0.1, 0.15) is 5.56 Å². The lowest BCUT2D eigenvalue weighted by atomic mass is 10.2. The van der Waals surface area contributed by atoms with Gasteiger partial charge in [0.25, 0.3) is 0 Å². The van der Waals surface area contributed by atoms with Crippen LogP contribution in [0.5, 0.6) is 11.5 Å². The molecule has 1 rings (SSSR count). The van der Waals surface area contributed by atoms with Crippen LogP contribution >= 0.6 is 0 Å². The van der Waals surface area contributed by atoms with Crippen LogP contribution in [0, 0.1) is 0 Å². The van der Waals surface area contributed by atoms with Crippen molar-refractivity contribution in [3.8, 4) is 11.5 Å². The third-order valence-electron chi connectivity index (χ3n) is 2.22. The molecule has 2 N–H and O–H groups in total. The smallest absolute Gasteiger partial charge is 0.317 e. The van der Waals surface area contributed by atoms with Crippen molar-refractivity contribution in [1.82, 2.24) is 10.2 Å². The molecule has 0 aliphatic carbocycles. The molecule has 0 saturated carbocycles. The van der Waals surface area contributed by atoms with E-state index in [9.17, 15) is 9.90 Å². The second kappa shape index (κ2) is 5.25. The summed E-state index contributed by atoms with van der Waals surface area (Å²) in [5.74, 6) is 0.497. The molecule has 0 unspecified atom stereocenters. The number of benzene rings is 1. The Kier molecular flexibility index (Phi) is 3.99. The first-order valence-electron chi connectivity index (χ1n) is 4.87. The average Bonchev–Trinajstić information content (AvgIpc) is 2.28. The standard InChI is InChI=1S/C11H16N2O3/c1-12-11(15)13(2)7-8-4-5-10(16-3)9(14)6-8/h4-6,14H,7H2,1-3H3,(H,12,15). The molecule has 0 aromatic heterocycles. The van der Waals surface area contributed by atoms with E-state index in [4.69, 9.17) is 4.74 Å². The van der Waals surface area contributed by atoms with Crippen LogP contribution in [0.2, 0.25) is 0 Å². The molecule has 0 aliphatic rings. The monoisotopic (exact) mass is 224 g/mol. The summed E-state index contributed by atoms with van der Waals surface area (Å²) in [5, 5.41) is 12.1. The van der Waals surface area contributed by atoms with Crippen molar-refractivity contribution in [1.29, 1.82) is 0 Å². The Morgan fingerprint density at radius 2 is 2.25 bits per heavy atom.